The van der Waals surface area contributed by atoms with Crippen molar-refractivity contribution in [3.8, 4) is 0 Å². The van der Waals surface area contributed by atoms with Crippen LogP contribution in [0, 0.1) is 0 Å². The normalized spacial score (nSPS) is 22.3. The van der Waals surface area contributed by atoms with Gasteiger partial charge in [-0.05, 0) is 50.9 Å². The Hall–Kier alpha value is -1.62. The highest BCUT2D eigenvalue weighted by Crippen LogP contribution is 2.18. The van der Waals surface area contributed by atoms with Crippen molar-refractivity contribution >= 4 is 11.7 Å². The number of piperidine rings is 1. The zero-order valence-corrected chi connectivity index (χ0v) is 14.1. The molecule has 0 aliphatic carbocycles. The molecule has 1 aromatic rings. The van der Waals surface area contributed by atoms with Crippen LogP contribution in [-0.4, -0.2) is 59.5 Å². The van der Waals surface area contributed by atoms with Crippen LogP contribution in [0.1, 0.15) is 49.4 Å². The van der Waals surface area contributed by atoms with Gasteiger partial charge in [0.15, 0.2) is 0 Å². The largest absolute Gasteiger partial charge is 0.369 e. The molecule has 1 N–H and O–H groups in total. The Kier molecular flexibility index (Phi) is 5.49. The molecule has 2 aliphatic rings. The molecular formula is C18H28N4O. The van der Waals surface area contributed by atoms with Crippen LogP contribution in [0.2, 0.25) is 0 Å². The number of nitrogens with zero attached hydrogens (tertiary/aromatic N) is 3. The fraction of sp³-hybridized carbons (Fsp3) is 0.667. The molecular weight excluding hydrogens is 288 g/mol. The van der Waals surface area contributed by atoms with E-state index in [-0.39, 0.29) is 5.91 Å². The number of aromatic nitrogens is 1. The molecule has 1 atom stereocenters. The molecule has 0 bridgehead atoms. The second kappa shape index (κ2) is 7.77. The van der Waals surface area contributed by atoms with Crippen molar-refractivity contribution < 1.29 is 4.79 Å². The van der Waals surface area contributed by atoms with E-state index in [9.17, 15) is 4.79 Å². The minimum absolute atomic E-state index is 0.117. The predicted molar refractivity (Wildman–Crippen MR) is 92.8 cm³/mol. The van der Waals surface area contributed by atoms with Gasteiger partial charge in [0.2, 0.25) is 0 Å². The highest BCUT2D eigenvalue weighted by molar-refractivity contribution is 5.94. The smallest absolute Gasteiger partial charge is 0.255 e. The van der Waals surface area contributed by atoms with Gasteiger partial charge in [-0.1, -0.05) is 13.3 Å². The summed E-state index contributed by atoms with van der Waals surface area (Å²) >= 11 is 0. The third kappa shape index (κ3) is 4.02. The summed E-state index contributed by atoms with van der Waals surface area (Å²) in [6.45, 7) is 7.25. The van der Waals surface area contributed by atoms with Gasteiger partial charge in [0.05, 0.1) is 5.56 Å². The third-order valence-electron chi connectivity index (χ3n) is 5.08. The number of rotatable bonds is 5. The lowest BCUT2D eigenvalue weighted by Gasteiger charge is -2.35. The molecule has 5 heteroatoms. The summed E-state index contributed by atoms with van der Waals surface area (Å²) in [5.41, 5.74) is 0.699. The van der Waals surface area contributed by atoms with Crippen molar-refractivity contribution in [3.05, 3.63) is 23.9 Å². The van der Waals surface area contributed by atoms with Crippen molar-refractivity contribution in [1.82, 2.24) is 14.8 Å². The van der Waals surface area contributed by atoms with Crippen molar-refractivity contribution in [1.29, 1.82) is 0 Å². The Morgan fingerprint density at radius 1 is 1.22 bits per heavy atom. The van der Waals surface area contributed by atoms with Gasteiger partial charge in [0.25, 0.3) is 5.91 Å². The zero-order chi connectivity index (χ0) is 16.1. The maximum absolute atomic E-state index is 12.3. The second-order valence-electron chi connectivity index (χ2n) is 6.59. The van der Waals surface area contributed by atoms with E-state index in [1.165, 1.54) is 25.8 Å². The van der Waals surface area contributed by atoms with Crippen molar-refractivity contribution in [2.75, 3.05) is 38.0 Å². The maximum atomic E-state index is 12.3. The number of hydrogen-bond donors (Lipinski definition) is 1. The summed E-state index contributed by atoms with van der Waals surface area (Å²) < 4.78 is 0. The molecule has 2 fully saturated rings. The highest BCUT2D eigenvalue weighted by Gasteiger charge is 2.21. The fourth-order valence-electron chi connectivity index (χ4n) is 3.66. The summed E-state index contributed by atoms with van der Waals surface area (Å²) in [6, 6.07) is 4.43. The lowest BCUT2D eigenvalue weighted by molar-refractivity contribution is 0.0792. The molecule has 0 radical (unpaired) electrons. The van der Waals surface area contributed by atoms with E-state index < -0.39 is 0 Å². The summed E-state index contributed by atoms with van der Waals surface area (Å²) in [7, 11) is 0. The van der Waals surface area contributed by atoms with Gasteiger partial charge in [-0.15, -0.1) is 0 Å². The number of amides is 1. The van der Waals surface area contributed by atoms with Crippen LogP contribution in [0.4, 0.5) is 5.82 Å². The molecule has 0 unspecified atom stereocenters. The molecule has 3 heterocycles. The summed E-state index contributed by atoms with van der Waals surface area (Å²) in [6.07, 6.45) is 7.84. The SMILES string of the molecule is CCN1CCCC[C@@H]1CNc1ccc(C(=O)N2CCCC2)cn1. The average Bonchev–Trinajstić information content (AvgIpc) is 3.14. The van der Waals surface area contributed by atoms with Gasteiger partial charge in [-0.25, -0.2) is 4.98 Å². The van der Waals surface area contributed by atoms with Crippen LogP contribution >= 0.6 is 0 Å². The number of pyridine rings is 1. The maximum Gasteiger partial charge on any atom is 0.255 e. The van der Waals surface area contributed by atoms with Crippen LogP contribution in [0.5, 0.6) is 0 Å². The Bertz CT molecular complexity index is 510. The number of nitrogens with one attached hydrogen (secondary N) is 1. The fourth-order valence-corrected chi connectivity index (χ4v) is 3.66. The van der Waals surface area contributed by atoms with Crippen molar-refractivity contribution in [3.63, 3.8) is 0 Å². The first-order valence-corrected chi connectivity index (χ1v) is 9.01. The number of likely N-dealkylation sites (N-methyl/N-ethyl adjacent to an activating group) is 1. The molecule has 0 spiro atoms. The standard InChI is InChI=1S/C18H28N4O/c1-2-21-10-4-3-7-16(21)14-20-17-9-8-15(13-19-17)18(23)22-11-5-6-12-22/h8-9,13,16H,2-7,10-12,14H2,1H3,(H,19,20)/t16-/m1/s1. The molecule has 3 rings (SSSR count). The van der Waals surface area contributed by atoms with Crippen molar-refractivity contribution in [2.24, 2.45) is 0 Å². The predicted octanol–water partition coefficient (Wildman–Crippen LogP) is 2.60. The lowest BCUT2D eigenvalue weighted by atomic mass is 10.0. The van der Waals surface area contributed by atoms with Gasteiger partial charge < -0.3 is 10.2 Å². The van der Waals surface area contributed by atoms with Crippen LogP contribution in [0.3, 0.4) is 0 Å². The average molecular weight is 316 g/mol. The molecule has 23 heavy (non-hydrogen) atoms. The zero-order valence-electron chi connectivity index (χ0n) is 14.1. The van der Waals surface area contributed by atoms with Crippen LogP contribution < -0.4 is 5.32 Å². The Balaban J connectivity index is 1.53. The number of anilines is 1. The number of hydrogen-bond acceptors (Lipinski definition) is 4. The van der Waals surface area contributed by atoms with Gasteiger partial charge in [0, 0.05) is 31.9 Å². The first-order valence-electron chi connectivity index (χ1n) is 9.01. The summed E-state index contributed by atoms with van der Waals surface area (Å²) in [5.74, 6) is 0.982. The van der Waals surface area contributed by atoms with Gasteiger partial charge in [0.1, 0.15) is 5.82 Å². The molecule has 126 valence electrons. The first kappa shape index (κ1) is 16.2. The molecule has 0 aromatic carbocycles. The van der Waals surface area contributed by atoms with Crippen LogP contribution in [0.25, 0.3) is 0 Å². The van der Waals surface area contributed by atoms with E-state index in [0.29, 0.717) is 11.6 Å². The molecule has 1 amide bonds. The molecule has 5 nitrogen and oxygen atoms in total. The monoisotopic (exact) mass is 316 g/mol. The molecule has 2 aliphatic heterocycles. The molecule has 1 aromatic heterocycles. The Morgan fingerprint density at radius 3 is 2.70 bits per heavy atom. The highest BCUT2D eigenvalue weighted by atomic mass is 16.2. The summed E-state index contributed by atoms with van der Waals surface area (Å²) in [4.78, 5) is 21.2. The van der Waals surface area contributed by atoms with Gasteiger partial charge in [-0.3, -0.25) is 9.69 Å². The van der Waals surface area contributed by atoms with Gasteiger partial charge >= 0.3 is 0 Å². The number of carbonyl (C=O) groups excluding carboxylic acids is 1. The van der Waals surface area contributed by atoms with Crippen LogP contribution in [-0.2, 0) is 0 Å². The van der Waals surface area contributed by atoms with Gasteiger partial charge in [-0.2, -0.15) is 0 Å². The van der Waals surface area contributed by atoms with E-state index in [2.05, 4.69) is 22.1 Å². The summed E-state index contributed by atoms with van der Waals surface area (Å²) in [5, 5.41) is 3.44. The minimum atomic E-state index is 0.117. The first-order chi connectivity index (χ1) is 11.3. The van der Waals surface area contributed by atoms with Crippen molar-refractivity contribution in [2.45, 2.75) is 45.1 Å². The van der Waals surface area contributed by atoms with E-state index >= 15 is 0 Å². The Morgan fingerprint density at radius 2 is 2.00 bits per heavy atom. The topological polar surface area (TPSA) is 48.5 Å². The Labute approximate surface area is 139 Å². The number of carbonyl (C=O) groups is 1. The minimum Gasteiger partial charge on any atom is -0.369 e. The van der Waals surface area contributed by atoms with E-state index in [4.69, 9.17) is 0 Å². The van der Waals surface area contributed by atoms with E-state index in [1.807, 2.05) is 17.0 Å². The quantitative estimate of drug-likeness (QED) is 0.907. The second-order valence-corrected chi connectivity index (χ2v) is 6.59. The van der Waals surface area contributed by atoms with E-state index in [1.54, 1.807) is 6.20 Å². The molecule has 0 saturated carbocycles. The van der Waals surface area contributed by atoms with Crippen LogP contribution in [0.15, 0.2) is 18.3 Å². The number of likely N-dealkylation sites (tertiary alicyclic amines) is 2. The molecule has 2 saturated heterocycles. The lowest BCUT2D eigenvalue weighted by Crippen LogP contribution is -2.43. The third-order valence-corrected chi connectivity index (χ3v) is 5.08. The van der Waals surface area contributed by atoms with E-state index in [0.717, 1.165) is 44.8 Å².